The lowest BCUT2D eigenvalue weighted by Crippen LogP contribution is -2.41. The molecular weight excluding hydrogens is 364 g/mol. The third-order valence-corrected chi connectivity index (χ3v) is 4.14. The van der Waals surface area contributed by atoms with Crippen molar-refractivity contribution in [3.05, 3.63) is 35.7 Å². The van der Waals surface area contributed by atoms with E-state index in [1.54, 1.807) is 34.0 Å². The molecule has 1 aliphatic heterocycles. The second-order valence-corrected chi connectivity index (χ2v) is 7.50. The second-order valence-electron chi connectivity index (χ2n) is 7.50. The molecule has 3 aromatic heterocycles. The molecule has 11 heteroatoms. The molecule has 0 atom stereocenters. The number of carbonyl (C=O) groups excluding carboxylic acids is 2. The first kappa shape index (κ1) is 17.9. The van der Waals surface area contributed by atoms with Gasteiger partial charge in [-0.05, 0) is 43.3 Å². The maximum absolute atomic E-state index is 12.5. The van der Waals surface area contributed by atoms with Gasteiger partial charge in [0, 0.05) is 18.8 Å². The Morgan fingerprint density at radius 2 is 2.04 bits per heavy atom. The number of amides is 2. The maximum atomic E-state index is 12.5. The van der Waals surface area contributed by atoms with Gasteiger partial charge in [-0.15, -0.1) is 5.10 Å². The van der Waals surface area contributed by atoms with Crippen LogP contribution in [0.5, 0.6) is 0 Å². The first-order valence-electron chi connectivity index (χ1n) is 8.82. The van der Waals surface area contributed by atoms with Gasteiger partial charge in [-0.1, -0.05) is 0 Å². The van der Waals surface area contributed by atoms with Gasteiger partial charge in [-0.2, -0.15) is 9.61 Å². The Bertz CT molecular complexity index is 1050. The minimum absolute atomic E-state index is 0.322. The van der Waals surface area contributed by atoms with E-state index in [0.717, 1.165) is 5.69 Å². The Hall–Kier alpha value is -3.50. The third kappa shape index (κ3) is 3.63. The van der Waals surface area contributed by atoms with Crippen molar-refractivity contribution in [1.82, 2.24) is 34.7 Å². The molecule has 0 bridgehead atoms. The number of ether oxygens (including phenoxy) is 1. The SMILES string of the molecule is CC(C)(C)OC(=O)N1CCn2nc(NC(=O)c3ccc4nnnn4c3)cc2C1. The lowest BCUT2D eigenvalue weighted by atomic mass is 10.2. The number of pyridine rings is 1. The fourth-order valence-corrected chi connectivity index (χ4v) is 2.87. The van der Waals surface area contributed by atoms with Crippen LogP contribution in [-0.4, -0.2) is 58.9 Å². The van der Waals surface area contributed by atoms with E-state index < -0.39 is 5.60 Å². The number of hydrogen-bond acceptors (Lipinski definition) is 7. The smallest absolute Gasteiger partial charge is 0.410 e. The van der Waals surface area contributed by atoms with Crippen LogP contribution in [-0.2, 0) is 17.8 Å². The van der Waals surface area contributed by atoms with Crippen molar-refractivity contribution >= 4 is 23.5 Å². The van der Waals surface area contributed by atoms with Crippen LogP contribution in [0.15, 0.2) is 24.4 Å². The molecule has 0 spiro atoms. The predicted octanol–water partition coefficient (Wildman–Crippen LogP) is 1.32. The molecule has 4 heterocycles. The van der Waals surface area contributed by atoms with Gasteiger partial charge in [0.15, 0.2) is 11.5 Å². The average Bonchev–Trinajstić information content (AvgIpc) is 3.24. The Balaban J connectivity index is 1.45. The van der Waals surface area contributed by atoms with Crippen LogP contribution in [0.1, 0.15) is 36.8 Å². The molecule has 4 rings (SSSR count). The van der Waals surface area contributed by atoms with Crippen LogP contribution in [0.2, 0.25) is 0 Å². The van der Waals surface area contributed by atoms with Crippen molar-refractivity contribution in [2.45, 2.75) is 39.5 Å². The molecule has 2 amide bonds. The summed E-state index contributed by atoms with van der Waals surface area (Å²) in [5.74, 6) is 0.0969. The van der Waals surface area contributed by atoms with Gasteiger partial charge in [0.2, 0.25) is 0 Å². The Labute approximate surface area is 160 Å². The Morgan fingerprint density at radius 1 is 1.21 bits per heavy atom. The van der Waals surface area contributed by atoms with Crippen molar-refractivity contribution in [2.24, 2.45) is 0 Å². The number of anilines is 1. The van der Waals surface area contributed by atoms with E-state index in [2.05, 4.69) is 25.9 Å². The van der Waals surface area contributed by atoms with Gasteiger partial charge < -0.3 is 15.0 Å². The molecule has 0 saturated heterocycles. The standard InChI is InChI=1S/C17H20N8O3/c1-17(2,3)28-16(27)23-6-7-24-12(10-23)8-13(20-24)18-15(26)11-4-5-14-19-21-22-25(14)9-11/h4-5,8-9H,6-7,10H2,1-3H3,(H,18,20,26). The molecule has 11 nitrogen and oxygen atoms in total. The zero-order chi connectivity index (χ0) is 19.9. The molecule has 0 saturated carbocycles. The molecule has 1 aliphatic rings. The summed E-state index contributed by atoms with van der Waals surface area (Å²) >= 11 is 0. The number of nitrogens with one attached hydrogen (secondary N) is 1. The summed E-state index contributed by atoms with van der Waals surface area (Å²) < 4.78 is 8.62. The zero-order valence-corrected chi connectivity index (χ0v) is 15.8. The molecule has 3 aromatic rings. The van der Waals surface area contributed by atoms with Crippen molar-refractivity contribution < 1.29 is 14.3 Å². The first-order valence-corrected chi connectivity index (χ1v) is 8.82. The van der Waals surface area contributed by atoms with Crippen molar-refractivity contribution in [3.8, 4) is 0 Å². The van der Waals surface area contributed by atoms with Crippen LogP contribution < -0.4 is 5.32 Å². The molecule has 0 aliphatic carbocycles. The minimum Gasteiger partial charge on any atom is -0.444 e. The van der Waals surface area contributed by atoms with Gasteiger partial charge in [0.05, 0.1) is 24.3 Å². The lowest BCUT2D eigenvalue weighted by molar-refractivity contribution is 0.0194. The van der Waals surface area contributed by atoms with E-state index >= 15 is 0 Å². The van der Waals surface area contributed by atoms with E-state index in [4.69, 9.17) is 4.74 Å². The van der Waals surface area contributed by atoms with Crippen LogP contribution in [0.4, 0.5) is 10.6 Å². The topological polar surface area (TPSA) is 120 Å². The summed E-state index contributed by atoms with van der Waals surface area (Å²) in [5.41, 5.74) is 1.23. The van der Waals surface area contributed by atoms with E-state index in [-0.39, 0.29) is 12.0 Å². The zero-order valence-electron chi connectivity index (χ0n) is 15.8. The number of rotatable bonds is 2. The quantitative estimate of drug-likeness (QED) is 0.707. The average molecular weight is 384 g/mol. The molecular formula is C17H20N8O3. The van der Waals surface area contributed by atoms with Gasteiger partial charge in [-0.3, -0.25) is 9.48 Å². The van der Waals surface area contributed by atoms with Crippen molar-refractivity contribution in [2.75, 3.05) is 11.9 Å². The summed E-state index contributed by atoms with van der Waals surface area (Å²) in [7, 11) is 0. The summed E-state index contributed by atoms with van der Waals surface area (Å²) in [6.07, 6.45) is 1.19. The molecule has 28 heavy (non-hydrogen) atoms. The van der Waals surface area contributed by atoms with Crippen molar-refractivity contribution in [3.63, 3.8) is 0 Å². The maximum Gasteiger partial charge on any atom is 0.410 e. The van der Waals surface area contributed by atoms with Crippen molar-refractivity contribution in [1.29, 1.82) is 0 Å². The fraction of sp³-hybridized carbons (Fsp3) is 0.412. The third-order valence-electron chi connectivity index (χ3n) is 4.14. The van der Waals surface area contributed by atoms with E-state index in [0.29, 0.717) is 36.7 Å². The molecule has 0 unspecified atom stereocenters. The molecule has 0 aromatic carbocycles. The van der Waals surface area contributed by atoms with Crippen LogP contribution in [0.25, 0.3) is 5.65 Å². The molecule has 0 radical (unpaired) electrons. The first-order chi connectivity index (χ1) is 13.3. The van der Waals surface area contributed by atoms with Gasteiger partial charge in [0.25, 0.3) is 5.91 Å². The number of tetrazole rings is 1. The molecule has 0 fully saturated rings. The van der Waals surface area contributed by atoms with Gasteiger partial charge >= 0.3 is 6.09 Å². The number of carbonyl (C=O) groups is 2. The van der Waals surface area contributed by atoms with E-state index in [1.807, 2.05) is 20.8 Å². The number of aromatic nitrogens is 6. The summed E-state index contributed by atoms with van der Waals surface area (Å²) in [6, 6.07) is 5.05. The lowest BCUT2D eigenvalue weighted by Gasteiger charge is -2.30. The normalized spacial score (nSPS) is 14.0. The van der Waals surface area contributed by atoms with E-state index in [9.17, 15) is 9.59 Å². The van der Waals surface area contributed by atoms with E-state index in [1.165, 1.54) is 4.52 Å². The monoisotopic (exact) mass is 384 g/mol. The second kappa shape index (κ2) is 6.59. The largest absolute Gasteiger partial charge is 0.444 e. The highest BCUT2D eigenvalue weighted by atomic mass is 16.6. The van der Waals surface area contributed by atoms with Crippen LogP contribution in [0, 0.1) is 0 Å². The highest BCUT2D eigenvalue weighted by Gasteiger charge is 2.27. The molecule has 1 N–H and O–H groups in total. The summed E-state index contributed by atoms with van der Waals surface area (Å²) in [5, 5.41) is 18.3. The fourth-order valence-electron chi connectivity index (χ4n) is 2.87. The number of hydrogen-bond donors (Lipinski definition) is 1. The highest BCUT2D eigenvalue weighted by molar-refractivity contribution is 6.03. The predicted molar refractivity (Wildman–Crippen MR) is 97.6 cm³/mol. The number of fused-ring (bicyclic) bond motifs is 2. The number of nitrogens with zero attached hydrogens (tertiary/aromatic N) is 7. The minimum atomic E-state index is -0.547. The molecule has 146 valence electrons. The summed E-state index contributed by atoms with van der Waals surface area (Å²) in [6.45, 7) is 6.89. The van der Waals surface area contributed by atoms with Gasteiger partial charge in [0.1, 0.15) is 5.60 Å². The van der Waals surface area contributed by atoms with Crippen LogP contribution >= 0.6 is 0 Å². The Kier molecular flexibility index (Phi) is 4.21. The van der Waals surface area contributed by atoms with Crippen LogP contribution in [0.3, 0.4) is 0 Å². The van der Waals surface area contributed by atoms with Gasteiger partial charge in [-0.25, -0.2) is 4.79 Å². The highest BCUT2D eigenvalue weighted by Crippen LogP contribution is 2.19. The Morgan fingerprint density at radius 3 is 2.82 bits per heavy atom. The summed E-state index contributed by atoms with van der Waals surface area (Å²) in [4.78, 5) is 26.4.